The third kappa shape index (κ3) is 4.03. The number of esters is 2. The average Bonchev–Trinajstić information content (AvgIpc) is 3.09. The van der Waals surface area contributed by atoms with Gasteiger partial charge in [0.25, 0.3) is 0 Å². The smallest absolute Gasteiger partial charge is 0.338 e. The molecule has 0 aromatic carbocycles. The van der Waals surface area contributed by atoms with Crippen molar-refractivity contribution in [2.24, 2.45) is 0 Å². The van der Waals surface area contributed by atoms with Crippen LogP contribution in [0, 0.1) is 0 Å². The number of epoxide rings is 1. The Kier molecular flexibility index (Phi) is 4.45. The highest BCUT2D eigenvalue weighted by Crippen LogP contribution is 2.23. The third-order valence-electron chi connectivity index (χ3n) is 2.29. The quantitative estimate of drug-likeness (QED) is 0.314. The van der Waals surface area contributed by atoms with Crippen LogP contribution < -0.4 is 0 Å². The van der Waals surface area contributed by atoms with E-state index in [0.717, 1.165) is 0 Å². The van der Waals surface area contributed by atoms with Gasteiger partial charge in [-0.25, -0.2) is 9.59 Å². The second kappa shape index (κ2) is 5.63. The lowest BCUT2D eigenvalue weighted by atomic mass is 10.2. The molecule has 0 amide bonds. The molecule has 1 heterocycles. The fourth-order valence-electron chi connectivity index (χ4n) is 1.13. The van der Waals surface area contributed by atoms with Crippen LogP contribution in [-0.4, -0.2) is 31.8 Å². The Balaban J connectivity index is 2.81. The van der Waals surface area contributed by atoms with Crippen LogP contribution in [0.15, 0.2) is 23.5 Å². The molecule has 0 saturated carbocycles. The van der Waals surface area contributed by atoms with Crippen molar-refractivity contribution < 1.29 is 23.8 Å². The summed E-state index contributed by atoms with van der Waals surface area (Å²) in [6, 6.07) is 0. The Labute approximate surface area is 100 Å². The lowest BCUT2D eigenvalue weighted by Gasteiger charge is -2.10. The van der Waals surface area contributed by atoms with E-state index < -0.39 is 11.9 Å². The summed E-state index contributed by atoms with van der Waals surface area (Å²) in [5, 5.41) is 0. The number of hydrogen-bond acceptors (Lipinski definition) is 5. The molecule has 0 aromatic heterocycles. The highest BCUT2D eigenvalue weighted by Gasteiger charge is 2.28. The zero-order chi connectivity index (χ0) is 13.0. The van der Waals surface area contributed by atoms with E-state index in [9.17, 15) is 9.59 Å². The van der Waals surface area contributed by atoms with Gasteiger partial charge in [-0.1, -0.05) is 6.58 Å². The van der Waals surface area contributed by atoms with Gasteiger partial charge in [-0.3, -0.25) is 0 Å². The predicted molar refractivity (Wildman–Crippen MR) is 60.0 cm³/mol. The van der Waals surface area contributed by atoms with Crippen molar-refractivity contribution in [3.63, 3.8) is 0 Å². The monoisotopic (exact) mass is 240 g/mol. The fraction of sp³-hybridized carbons (Fsp3) is 0.500. The first-order valence-corrected chi connectivity index (χ1v) is 5.23. The molecule has 5 heteroatoms. The van der Waals surface area contributed by atoms with Crippen LogP contribution in [0.1, 0.15) is 20.3 Å². The molecule has 0 bridgehead atoms. The number of ether oxygens (including phenoxy) is 3. The SMILES string of the molecule is C=C(C)C(=O)OC(CC1CO1)=C(C)C(=O)OC. The van der Waals surface area contributed by atoms with Crippen LogP contribution >= 0.6 is 0 Å². The molecule has 0 aliphatic carbocycles. The van der Waals surface area contributed by atoms with Crippen molar-refractivity contribution in [1.29, 1.82) is 0 Å². The largest absolute Gasteiger partial charge is 0.466 e. The summed E-state index contributed by atoms with van der Waals surface area (Å²) in [7, 11) is 1.28. The van der Waals surface area contributed by atoms with E-state index >= 15 is 0 Å². The van der Waals surface area contributed by atoms with E-state index in [-0.39, 0.29) is 23.0 Å². The Morgan fingerprint density at radius 1 is 1.35 bits per heavy atom. The predicted octanol–water partition coefficient (Wildman–Crippen LogP) is 1.34. The zero-order valence-electron chi connectivity index (χ0n) is 10.2. The van der Waals surface area contributed by atoms with Gasteiger partial charge >= 0.3 is 11.9 Å². The van der Waals surface area contributed by atoms with Crippen molar-refractivity contribution in [2.75, 3.05) is 13.7 Å². The second-order valence-electron chi connectivity index (χ2n) is 3.87. The lowest BCUT2D eigenvalue weighted by molar-refractivity contribution is -0.137. The molecule has 1 atom stereocenters. The summed E-state index contributed by atoms with van der Waals surface area (Å²) < 4.78 is 14.7. The molecule has 1 aliphatic rings. The van der Waals surface area contributed by atoms with Gasteiger partial charge in [-0.15, -0.1) is 0 Å². The normalized spacial score (nSPS) is 19.1. The van der Waals surface area contributed by atoms with Gasteiger partial charge in [-0.05, 0) is 13.8 Å². The molecule has 0 N–H and O–H groups in total. The van der Waals surface area contributed by atoms with Crippen molar-refractivity contribution in [1.82, 2.24) is 0 Å². The van der Waals surface area contributed by atoms with Gasteiger partial charge < -0.3 is 14.2 Å². The van der Waals surface area contributed by atoms with Crippen LogP contribution in [0.3, 0.4) is 0 Å². The number of hydrogen-bond donors (Lipinski definition) is 0. The molecule has 1 fully saturated rings. The van der Waals surface area contributed by atoms with Gasteiger partial charge in [0.05, 0.1) is 25.4 Å². The second-order valence-corrected chi connectivity index (χ2v) is 3.87. The minimum Gasteiger partial charge on any atom is -0.466 e. The van der Waals surface area contributed by atoms with E-state index in [0.29, 0.717) is 13.0 Å². The highest BCUT2D eigenvalue weighted by atomic mass is 16.6. The summed E-state index contributed by atoms with van der Waals surface area (Å²) in [6.45, 7) is 7.19. The van der Waals surface area contributed by atoms with E-state index in [1.807, 2.05) is 0 Å². The van der Waals surface area contributed by atoms with Gasteiger partial charge in [0.1, 0.15) is 5.76 Å². The molecule has 0 spiro atoms. The van der Waals surface area contributed by atoms with E-state index in [2.05, 4.69) is 11.3 Å². The topological polar surface area (TPSA) is 65.1 Å². The maximum atomic E-state index is 11.4. The Morgan fingerprint density at radius 3 is 2.35 bits per heavy atom. The van der Waals surface area contributed by atoms with Gasteiger partial charge in [0.15, 0.2) is 0 Å². The molecular weight excluding hydrogens is 224 g/mol. The van der Waals surface area contributed by atoms with Crippen molar-refractivity contribution in [3.8, 4) is 0 Å². The molecule has 0 radical (unpaired) electrons. The number of carbonyl (C=O) groups excluding carboxylic acids is 2. The van der Waals surface area contributed by atoms with Gasteiger partial charge in [0, 0.05) is 12.0 Å². The first-order valence-electron chi connectivity index (χ1n) is 5.23. The molecule has 17 heavy (non-hydrogen) atoms. The number of carbonyl (C=O) groups is 2. The van der Waals surface area contributed by atoms with Crippen LogP contribution in [0.4, 0.5) is 0 Å². The molecular formula is C12H16O5. The van der Waals surface area contributed by atoms with E-state index in [1.165, 1.54) is 7.11 Å². The van der Waals surface area contributed by atoms with Crippen molar-refractivity contribution >= 4 is 11.9 Å². The maximum Gasteiger partial charge on any atom is 0.338 e. The fourth-order valence-corrected chi connectivity index (χ4v) is 1.13. The van der Waals surface area contributed by atoms with E-state index in [4.69, 9.17) is 9.47 Å². The maximum absolute atomic E-state index is 11.4. The first kappa shape index (κ1) is 13.4. The molecule has 1 rings (SSSR count). The van der Waals surface area contributed by atoms with Crippen LogP contribution in [0.25, 0.3) is 0 Å². The minimum atomic E-state index is -0.552. The highest BCUT2D eigenvalue weighted by molar-refractivity contribution is 5.91. The summed E-state index contributed by atoms with van der Waals surface area (Å²) in [4.78, 5) is 22.8. The average molecular weight is 240 g/mol. The van der Waals surface area contributed by atoms with Crippen LogP contribution in [0.2, 0.25) is 0 Å². The Hall–Kier alpha value is -1.62. The Morgan fingerprint density at radius 2 is 1.94 bits per heavy atom. The van der Waals surface area contributed by atoms with Gasteiger partial charge in [0.2, 0.25) is 0 Å². The summed E-state index contributed by atoms with van der Waals surface area (Å²) in [5.74, 6) is -0.786. The van der Waals surface area contributed by atoms with Crippen molar-refractivity contribution in [2.45, 2.75) is 26.4 Å². The van der Waals surface area contributed by atoms with Crippen LogP contribution in [0.5, 0.6) is 0 Å². The first-order chi connectivity index (χ1) is 7.95. The molecule has 1 saturated heterocycles. The summed E-state index contributed by atoms with van der Waals surface area (Å²) >= 11 is 0. The lowest BCUT2D eigenvalue weighted by Crippen LogP contribution is -2.13. The summed E-state index contributed by atoms with van der Waals surface area (Å²) in [5.41, 5.74) is 0.550. The molecule has 1 unspecified atom stereocenters. The molecule has 94 valence electrons. The molecule has 5 nitrogen and oxygen atoms in total. The van der Waals surface area contributed by atoms with Gasteiger partial charge in [-0.2, -0.15) is 0 Å². The van der Waals surface area contributed by atoms with Crippen molar-refractivity contribution in [3.05, 3.63) is 23.5 Å². The van der Waals surface area contributed by atoms with E-state index in [1.54, 1.807) is 13.8 Å². The molecule has 1 aliphatic heterocycles. The number of rotatable bonds is 5. The molecule has 0 aromatic rings. The third-order valence-corrected chi connectivity index (χ3v) is 2.29. The summed E-state index contributed by atoms with van der Waals surface area (Å²) in [6.07, 6.45) is 0.405. The number of methoxy groups -OCH3 is 1. The standard InChI is InChI=1S/C12H16O5/c1-7(2)11(13)17-10(5-9-6-16-9)8(3)12(14)15-4/h9H,1,5-6H2,2-4H3. The zero-order valence-corrected chi connectivity index (χ0v) is 10.2. The minimum absolute atomic E-state index is 0.0162. The van der Waals surface area contributed by atoms with Crippen LogP contribution in [-0.2, 0) is 23.8 Å². The Bertz CT molecular complexity index is 376.